The molecule has 0 atom stereocenters. The van der Waals surface area contributed by atoms with E-state index in [1.807, 2.05) is 0 Å². The van der Waals surface area contributed by atoms with E-state index in [9.17, 15) is 8.42 Å². The van der Waals surface area contributed by atoms with Gasteiger partial charge in [0.05, 0.1) is 12.0 Å². The number of nitrogens with zero attached hydrogens (tertiary/aromatic N) is 2. The highest BCUT2D eigenvalue weighted by Gasteiger charge is 2.18. The second-order valence-electron chi connectivity index (χ2n) is 5.67. The molecular weight excluding hydrogens is 340 g/mol. The highest BCUT2D eigenvalue weighted by Crippen LogP contribution is 2.22. The first kappa shape index (κ1) is 19.0. The molecule has 0 aliphatic rings. The van der Waals surface area contributed by atoms with Crippen molar-refractivity contribution in [3.05, 3.63) is 35.9 Å². The molecule has 0 fully saturated rings. The van der Waals surface area contributed by atoms with Crippen molar-refractivity contribution in [3.8, 4) is 5.75 Å². The van der Waals surface area contributed by atoms with Crippen LogP contribution < -0.4 is 14.8 Å². The Balaban J connectivity index is 2.05. The Morgan fingerprint density at radius 2 is 1.80 bits per heavy atom. The summed E-state index contributed by atoms with van der Waals surface area (Å²) in [6.45, 7) is 4.68. The molecule has 0 bridgehead atoms. The fraction of sp³-hybridized carbons (Fsp3) is 0.412. The van der Waals surface area contributed by atoms with Gasteiger partial charge in [0.15, 0.2) is 5.82 Å². The first-order chi connectivity index (χ1) is 12.0. The molecule has 25 heavy (non-hydrogen) atoms. The largest absolute Gasteiger partial charge is 0.497 e. The van der Waals surface area contributed by atoms with Crippen LogP contribution in [0.15, 0.2) is 35.2 Å². The molecular formula is C17H24N4O3S. The van der Waals surface area contributed by atoms with Gasteiger partial charge >= 0.3 is 0 Å². The zero-order valence-electron chi connectivity index (χ0n) is 14.7. The van der Waals surface area contributed by atoms with Gasteiger partial charge in [-0.15, -0.1) is 10.2 Å². The summed E-state index contributed by atoms with van der Waals surface area (Å²) in [5.74, 6) is 1.41. The van der Waals surface area contributed by atoms with E-state index < -0.39 is 10.0 Å². The van der Waals surface area contributed by atoms with Crippen molar-refractivity contribution in [2.45, 2.75) is 38.0 Å². The minimum absolute atomic E-state index is 0.175. The summed E-state index contributed by atoms with van der Waals surface area (Å²) in [4.78, 5) is 0.178. The average Bonchev–Trinajstić information content (AvgIpc) is 2.59. The van der Waals surface area contributed by atoms with Crippen LogP contribution in [0.1, 0.15) is 31.7 Å². The number of aromatic nitrogens is 2. The lowest BCUT2D eigenvalue weighted by Gasteiger charge is -2.11. The van der Waals surface area contributed by atoms with E-state index in [0.717, 1.165) is 25.8 Å². The van der Waals surface area contributed by atoms with Gasteiger partial charge in [-0.25, -0.2) is 8.42 Å². The van der Waals surface area contributed by atoms with Crippen LogP contribution in [-0.4, -0.2) is 32.3 Å². The number of aryl methyl sites for hydroxylation is 1. The molecule has 8 heteroatoms. The van der Waals surface area contributed by atoms with Gasteiger partial charge in [-0.2, -0.15) is 0 Å². The van der Waals surface area contributed by atoms with E-state index >= 15 is 0 Å². The molecule has 0 aliphatic heterocycles. The maximum atomic E-state index is 12.5. The van der Waals surface area contributed by atoms with Crippen LogP contribution in [0.4, 0.5) is 11.6 Å². The van der Waals surface area contributed by atoms with Gasteiger partial charge in [-0.05, 0) is 49.2 Å². The summed E-state index contributed by atoms with van der Waals surface area (Å²) >= 11 is 0. The van der Waals surface area contributed by atoms with Crippen molar-refractivity contribution < 1.29 is 13.2 Å². The number of ether oxygens (including phenoxy) is 1. The normalized spacial score (nSPS) is 11.2. The van der Waals surface area contributed by atoms with Crippen molar-refractivity contribution in [1.82, 2.24) is 10.2 Å². The van der Waals surface area contributed by atoms with Crippen LogP contribution in [0.5, 0.6) is 5.75 Å². The Morgan fingerprint density at radius 3 is 2.40 bits per heavy atom. The van der Waals surface area contributed by atoms with Gasteiger partial charge < -0.3 is 10.1 Å². The molecule has 0 amide bonds. The topological polar surface area (TPSA) is 93.2 Å². The molecule has 1 aromatic carbocycles. The fourth-order valence-corrected chi connectivity index (χ4v) is 3.54. The molecule has 1 heterocycles. The van der Waals surface area contributed by atoms with E-state index in [4.69, 9.17) is 4.74 Å². The third-order valence-corrected chi connectivity index (χ3v) is 5.18. The number of hydrogen-bond acceptors (Lipinski definition) is 6. The molecule has 136 valence electrons. The number of benzene rings is 1. The van der Waals surface area contributed by atoms with Crippen molar-refractivity contribution >= 4 is 21.7 Å². The lowest BCUT2D eigenvalue weighted by atomic mass is 10.2. The Kier molecular flexibility index (Phi) is 6.58. The first-order valence-electron chi connectivity index (χ1n) is 8.21. The Morgan fingerprint density at radius 1 is 1.08 bits per heavy atom. The van der Waals surface area contributed by atoms with E-state index in [-0.39, 0.29) is 10.7 Å². The van der Waals surface area contributed by atoms with Crippen molar-refractivity contribution in [3.63, 3.8) is 0 Å². The van der Waals surface area contributed by atoms with Crippen LogP contribution in [0.2, 0.25) is 0 Å². The predicted octanol–water partition coefficient (Wildman–Crippen LogP) is 3.20. The van der Waals surface area contributed by atoms with Gasteiger partial charge in [-0.1, -0.05) is 19.8 Å². The average molecular weight is 364 g/mol. The smallest absolute Gasteiger partial charge is 0.263 e. The van der Waals surface area contributed by atoms with Gasteiger partial charge in [0.2, 0.25) is 0 Å². The summed E-state index contributed by atoms with van der Waals surface area (Å²) in [5.41, 5.74) is 0.592. The van der Waals surface area contributed by atoms with Gasteiger partial charge in [0.25, 0.3) is 10.0 Å². The second-order valence-corrected chi connectivity index (χ2v) is 7.33. The standard InChI is InChI=1S/C17H24N4O3S/c1-4-5-6-11-18-16-9-10-17(20-19-16)21-25(22,23)15-8-7-14(24-3)12-13(15)2/h7-10,12H,4-6,11H2,1-3H3,(H,18,19)(H,20,21). The molecule has 2 rings (SSSR count). The minimum atomic E-state index is -3.73. The third kappa shape index (κ3) is 5.32. The van der Waals surface area contributed by atoms with Crippen molar-refractivity contribution in [2.24, 2.45) is 0 Å². The van der Waals surface area contributed by atoms with Crippen LogP contribution >= 0.6 is 0 Å². The van der Waals surface area contributed by atoms with Gasteiger partial charge in [0, 0.05) is 6.54 Å². The maximum absolute atomic E-state index is 12.5. The molecule has 2 aromatic rings. The van der Waals surface area contributed by atoms with Crippen LogP contribution in [-0.2, 0) is 10.0 Å². The summed E-state index contributed by atoms with van der Waals surface area (Å²) in [6, 6.07) is 8.08. The molecule has 0 unspecified atom stereocenters. The Bertz CT molecular complexity index is 792. The molecule has 0 radical (unpaired) electrons. The van der Waals surface area contributed by atoms with Gasteiger partial charge in [0.1, 0.15) is 11.6 Å². The van der Waals surface area contributed by atoms with Crippen LogP contribution in [0.3, 0.4) is 0 Å². The lowest BCUT2D eigenvalue weighted by molar-refractivity contribution is 0.414. The summed E-state index contributed by atoms with van der Waals surface area (Å²) < 4.78 is 32.6. The van der Waals surface area contributed by atoms with E-state index in [1.54, 1.807) is 31.2 Å². The Labute approximate surface area is 148 Å². The predicted molar refractivity (Wildman–Crippen MR) is 98.6 cm³/mol. The number of sulfonamides is 1. The molecule has 2 N–H and O–H groups in total. The number of rotatable bonds is 9. The lowest BCUT2D eigenvalue weighted by Crippen LogP contribution is -2.16. The number of anilines is 2. The maximum Gasteiger partial charge on any atom is 0.263 e. The monoisotopic (exact) mass is 364 g/mol. The molecule has 7 nitrogen and oxygen atoms in total. The van der Waals surface area contributed by atoms with Crippen molar-refractivity contribution in [2.75, 3.05) is 23.7 Å². The van der Waals surface area contributed by atoms with Crippen molar-refractivity contribution in [1.29, 1.82) is 0 Å². The number of methoxy groups -OCH3 is 1. The summed E-state index contributed by atoms with van der Waals surface area (Å²) in [6.07, 6.45) is 3.36. The fourth-order valence-electron chi connectivity index (χ4n) is 2.32. The number of unbranched alkanes of at least 4 members (excludes halogenated alkanes) is 2. The summed E-state index contributed by atoms with van der Waals surface area (Å²) in [7, 11) is -2.20. The highest BCUT2D eigenvalue weighted by molar-refractivity contribution is 7.92. The first-order valence-corrected chi connectivity index (χ1v) is 9.69. The molecule has 0 spiro atoms. The highest BCUT2D eigenvalue weighted by atomic mass is 32.2. The number of nitrogens with one attached hydrogen (secondary N) is 2. The SMILES string of the molecule is CCCCCNc1ccc(NS(=O)(=O)c2ccc(OC)cc2C)nn1. The zero-order valence-corrected chi connectivity index (χ0v) is 15.6. The zero-order chi connectivity index (χ0) is 18.3. The van der Waals surface area contributed by atoms with Gasteiger partial charge in [-0.3, -0.25) is 4.72 Å². The molecule has 1 aromatic heterocycles. The molecule has 0 aliphatic carbocycles. The third-order valence-electron chi connectivity index (χ3n) is 3.66. The Hall–Kier alpha value is -2.35. The van der Waals surface area contributed by atoms with E-state index in [0.29, 0.717) is 17.1 Å². The summed E-state index contributed by atoms with van der Waals surface area (Å²) in [5, 5.41) is 11.1. The van der Waals surface area contributed by atoms with E-state index in [1.165, 1.54) is 13.2 Å². The van der Waals surface area contributed by atoms with E-state index in [2.05, 4.69) is 27.2 Å². The van der Waals surface area contributed by atoms with Crippen LogP contribution in [0, 0.1) is 6.92 Å². The number of hydrogen-bond donors (Lipinski definition) is 2. The molecule has 0 saturated heterocycles. The quantitative estimate of drug-likeness (QED) is 0.664. The minimum Gasteiger partial charge on any atom is -0.497 e. The van der Waals surface area contributed by atoms with Crippen LogP contribution in [0.25, 0.3) is 0 Å². The second kappa shape index (κ2) is 8.66. The molecule has 0 saturated carbocycles.